The predicted octanol–water partition coefficient (Wildman–Crippen LogP) is 2.38. The number of benzene rings is 1. The number of hydrogen-bond donors (Lipinski definition) is 1. The van der Waals surface area contributed by atoms with Crippen LogP contribution in [0.5, 0.6) is 0 Å². The first-order valence-corrected chi connectivity index (χ1v) is 5.45. The molecule has 0 aliphatic carbocycles. The van der Waals surface area contributed by atoms with Crippen molar-refractivity contribution >= 4 is 5.69 Å². The lowest BCUT2D eigenvalue weighted by molar-refractivity contribution is 0.488. The zero-order valence-electron chi connectivity index (χ0n) is 10.2. The SMILES string of the molecule is CN(C)c1ccc(C(C)(C)CCN)cc1. The van der Waals surface area contributed by atoms with Crippen molar-refractivity contribution in [2.45, 2.75) is 25.7 Å². The number of nitrogens with zero attached hydrogens (tertiary/aromatic N) is 1. The summed E-state index contributed by atoms with van der Waals surface area (Å²) in [5.41, 5.74) is 8.40. The Kier molecular flexibility index (Phi) is 3.75. The Morgan fingerprint density at radius 2 is 1.67 bits per heavy atom. The minimum Gasteiger partial charge on any atom is -0.378 e. The third-order valence-electron chi connectivity index (χ3n) is 2.93. The molecule has 2 N–H and O–H groups in total. The maximum absolute atomic E-state index is 5.62. The molecular weight excluding hydrogens is 184 g/mol. The van der Waals surface area contributed by atoms with Gasteiger partial charge in [0.15, 0.2) is 0 Å². The number of anilines is 1. The standard InChI is InChI=1S/C13H22N2/c1-13(2,9-10-14)11-5-7-12(8-6-11)15(3)4/h5-8H,9-10,14H2,1-4H3. The molecule has 0 aromatic heterocycles. The lowest BCUT2D eigenvalue weighted by Gasteiger charge is -2.25. The van der Waals surface area contributed by atoms with E-state index in [1.54, 1.807) is 0 Å². The Hall–Kier alpha value is -1.02. The second kappa shape index (κ2) is 4.67. The van der Waals surface area contributed by atoms with Crippen molar-refractivity contribution in [2.24, 2.45) is 5.73 Å². The molecule has 0 saturated carbocycles. The molecule has 1 aromatic carbocycles. The van der Waals surface area contributed by atoms with E-state index in [2.05, 4.69) is 57.1 Å². The molecule has 0 bridgehead atoms. The molecule has 0 atom stereocenters. The van der Waals surface area contributed by atoms with Crippen LogP contribution >= 0.6 is 0 Å². The fourth-order valence-electron chi connectivity index (χ4n) is 1.72. The van der Waals surface area contributed by atoms with E-state index in [0.29, 0.717) is 0 Å². The van der Waals surface area contributed by atoms with E-state index in [9.17, 15) is 0 Å². The number of hydrogen-bond acceptors (Lipinski definition) is 2. The second-order valence-corrected chi connectivity index (χ2v) is 4.86. The molecule has 0 fully saturated rings. The number of rotatable bonds is 4. The third-order valence-corrected chi connectivity index (χ3v) is 2.93. The van der Waals surface area contributed by atoms with Gasteiger partial charge in [-0.25, -0.2) is 0 Å². The molecule has 84 valence electrons. The summed E-state index contributed by atoms with van der Waals surface area (Å²) in [4.78, 5) is 2.11. The lowest BCUT2D eigenvalue weighted by Crippen LogP contribution is -2.21. The summed E-state index contributed by atoms with van der Waals surface area (Å²) in [6, 6.07) is 8.72. The van der Waals surface area contributed by atoms with E-state index in [1.165, 1.54) is 11.3 Å². The predicted molar refractivity (Wildman–Crippen MR) is 67.5 cm³/mol. The van der Waals surface area contributed by atoms with Gasteiger partial charge in [0, 0.05) is 19.8 Å². The van der Waals surface area contributed by atoms with Gasteiger partial charge in [-0.3, -0.25) is 0 Å². The molecular formula is C13H22N2. The van der Waals surface area contributed by atoms with Gasteiger partial charge in [-0.15, -0.1) is 0 Å². The molecule has 15 heavy (non-hydrogen) atoms. The summed E-state index contributed by atoms with van der Waals surface area (Å²) in [7, 11) is 4.11. The third kappa shape index (κ3) is 2.96. The molecule has 0 heterocycles. The molecule has 0 spiro atoms. The molecule has 0 saturated heterocycles. The van der Waals surface area contributed by atoms with Crippen molar-refractivity contribution in [1.29, 1.82) is 0 Å². The summed E-state index contributed by atoms with van der Waals surface area (Å²) in [6.07, 6.45) is 1.02. The lowest BCUT2D eigenvalue weighted by atomic mass is 9.81. The average molecular weight is 206 g/mol. The van der Waals surface area contributed by atoms with Gasteiger partial charge in [-0.1, -0.05) is 26.0 Å². The topological polar surface area (TPSA) is 29.3 Å². The first-order valence-electron chi connectivity index (χ1n) is 5.45. The summed E-state index contributed by atoms with van der Waals surface area (Å²) in [6.45, 7) is 5.22. The van der Waals surface area contributed by atoms with Crippen LogP contribution in [0, 0.1) is 0 Å². The van der Waals surface area contributed by atoms with Crippen molar-refractivity contribution in [2.75, 3.05) is 25.5 Å². The van der Waals surface area contributed by atoms with Crippen LogP contribution < -0.4 is 10.6 Å². The van der Waals surface area contributed by atoms with Crippen LogP contribution in [-0.4, -0.2) is 20.6 Å². The highest BCUT2D eigenvalue weighted by molar-refractivity contribution is 5.47. The molecule has 2 heteroatoms. The van der Waals surface area contributed by atoms with Crippen LogP contribution in [0.15, 0.2) is 24.3 Å². The van der Waals surface area contributed by atoms with Crippen molar-refractivity contribution in [3.63, 3.8) is 0 Å². The summed E-state index contributed by atoms with van der Waals surface area (Å²) >= 11 is 0. The quantitative estimate of drug-likeness (QED) is 0.819. The smallest absolute Gasteiger partial charge is 0.0361 e. The van der Waals surface area contributed by atoms with Crippen molar-refractivity contribution in [3.05, 3.63) is 29.8 Å². The Bertz CT molecular complexity index is 299. The Morgan fingerprint density at radius 3 is 2.07 bits per heavy atom. The summed E-state index contributed by atoms with van der Waals surface area (Å²) in [5, 5.41) is 0. The largest absolute Gasteiger partial charge is 0.378 e. The van der Waals surface area contributed by atoms with E-state index in [0.717, 1.165) is 13.0 Å². The first kappa shape index (κ1) is 12.1. The van der Waals surface area contributed by atoms with Crippen molar-refractivity contribution in [3.8, 4) is 0 Å². The van der Waals surface area contributed by atoms with E-state index in [-0.39, 0.29) is 5.41 Å². The molecule has 1 aromatic rings. The molecule has 0 aliphatic heterocycles. The highest BCUT2D eigenvalue weighted by Gasteiger charge is 2.19. The summed E-state index contributed by atoms with van der Waals surface area (Å²) in [5.74, 6) is 0. The molecule has 0 radical (unpaired) electrons. The van der Waals surface area contributed by atoms with Gasteiger partial charge in [0.1, 0.15) is 0 Å². The number of nitrogens with two attached hydrogens (primary N) is 1. The minimum absolute atomic E-state index is 0.180. The first-order chi connectivity index (χ1) is 6.97. The van der Waals surface area contributed by atoms with Crippen LogP contribution in [0.4, 0.5) is 5.69 Å². The van der Waals surface area contributed by atoms with Crippen LogP contribution in [0.2, 0.25) is 0 Å². The molecule has 0 aliphatic rings. The fourth-order valence-corrected chi connectivity index (χ4v) is 1.72. The van der Waals surface area contributed by atoms with Crippen LogP contribution in [0.25, 0.3) is 0 Å². The monoisotopic (exact) mass is 206 g/mol. The zero-order chi connectivity index (χ0) is 11.5. The van der Waals surface area contributed by atoms with Gasteiger partial charge >= 0.3 is 0 Å². The molecule has 0 amide bonds. The second-order valence-electron chi connectivity index (χ2n) is 4.86. The van der Waals surface area contributed by atoms with Gasteiger partial charge in [0.2, 0.25) is 0 Å². The van der Waals surface area contributed by atoms with E-state index in [1.807, 2.05) is 0 Å². The van der Waals surface area contributed by atoms with Gasteiger partial charge < -0.3 is 10.6 Å². The van der Waals surface area contributed by atoms with E-state index >= 15 is 0 Å². The molecule has 0 unspecified atom stereocenters. The van der Waals surface area contributed by atoms with Gasteiger partial charge in [-0.05, 0) is 36.1 Å². The van der Waals surface area contributed by atoms with Gasteiger partial charge in [-0.2, -0.15) is 0 Å². The fraction of sp³-hybridized carbons (Fsp3) is 0.538. The van der Waals surface area contributed by atoms with E-state index in [4.69, 9.17) is 5.73 Å². The van der Waals surface area contributed by atoms with Crippen LogP contribution in [-0.2, 0) is 5.41 Å². The highest BCUT2D eigenvalue weighted by Crippen LogP contribution is 2.27. The van der Waals surface area contributed by atoms with Crippen LogP contribution in [0.1, 0.15) is 25.8 Å². The van der Waals surface area contributed by atoms with Crippen LogP contribution in [0.3, 0.4) is 0 Å². The summed E-state index contributed by atoms with van der Waals surface area (Å²) < 4.78 is 0. The Morgan fingerprint density at radius 1 is 1.13 bits per heavy atom. The Balaban J connectivity index is 2.88. The van der Waals surface area contributed by atoms with E-state index < -0.39 is 0 Å². The zero-order valence-corrected chi connectivity index (χ0v) is 10.2. The van der Waals surface area contributed by atoms with Gasteiger partial charge in [0.25, 0.3) is 0 Å². The molecule has 2 nitrogen and oxygen atoms in total. The van der Waals surface area contributed by atoms with Gasteiger partial charge in [0.05, 0.1) is 0 Å². The maximum atomic E-state index is 5.62. The normalized spacial score (nSPS) is 11.5. The Labute approximate surface area is 93.1 Å². The highest BCUT2D eigenvalue weighted by atomic mass is 15.1. The van der Waals surface area contributed by atoms with Crippen molar-refractivity contribution < 1.29 is 0 Å². The maximum Gasteiger partial charge on any atom is 0.0361 e. The average Bonchev–Trinajstić information content (AvgIpc) is 2.18. The molecule has 1 rings (SSSR count). The minimum atomic E-state index is 0.180. The van der Waals surface area contributed by atoms with Crippen molar-refractivity contribution in [1.82, 2.24) is 0 Å².